The summed E-state index contributed by atoms with van der Waals surface area (Å²) in [6.45, 7) is 1.17. The summed E-state index contributed by atoms with van der Waals surface area (Å²) in [5, 5.41) is 0. The number of hydrogen-bond donors (Lipinski definition) is 0. The largest absolute Gasteiger partial charge is 0.378 e. The molecule has 5 heteroatoms. The van der Waals surface area contributed by atoms with E-state index < -0.39 is 0 Å². The molecule has 0 N–H and O–H groups in total. The number of nitrogens with zero attached hydrogens (tertiary/aromatic N) is 3. The number of hydrogen-bond acceptors (Lipinski definition) is 3. The normalized spacial score (nSPS) is 14.7. The molecule has 2 aromatic carbocycles. The number of carbonyl (C=O) groups excluding carboxylic acids is 2. The molecule has 1 aliphatic rings. The lowest BCUT2D eigenvalue weighted by atomic mass is 10.1. The molecule has 2 amide bonds. The first-order valence-electron chi connectivity index (χ1n) is 7.98. The highest BCUT2D eigenvalue weighted by atomic mass is 16.2. The lowest BCUT2D eigenvalue weighted by Crippen LogP contribution is -2.52. The van der Waals surface area contributed by atoms with E-state index in [9.17, 15) is 9.59 Å². The minimum absolute atomic E-state index is 0.0503. The van der Waals surface area contributed by atoms with Gasteiger partial charge in [0.1, 0.15) is 6.54 Å². The first-order chi connectivity index (χ1) is 11.6. The molecule has 1 fully saturated rings. The summed E-state index contributed by atoms with van der Waals surface area (Å²) >= 11 is 0. The van der Waals surface area contributed by atoms with Crippen molar-refractivity contribution in [1.82, 2.24) is 4.90 Å². The maximum absolute atomic E-state index is 12.6. The Bertz CT molecular complexity index is 726. The summed E-state index contributed by atoms with van der Waals surface area (Å²) in [6, 6.07) is 17.0. The summed E-state index contributed by atoms with van der Waals surface area (Å²) in [7, 11) is 3.91. The molecule has 0 bridgehead atoms. The molecule has 0 spiro atoms. The molecule has 24 heavy (non-hydrogen) atoms. The van der Waals surface area contributed by atoms with Crippen LogP contribution in [-0.4, -0.2) is 50.4 Å². The van der Waals surface area contributed by atoms with Gasteiger partial charge in [0.25, 0.3) is 5.91 Å². The van der Waals surface area contributed by atoms with Crippen molar-refractivity contribution in [2.24, 2.45) is 0 Å². The van der Waals surface area contributed by atoms with Crippen LogP contribution >= 0.6 is 0 Å². The molecule has 3 rings (SSSR count). The van der Waals surface area contributed by atoms with Crippen LogP contribution < -0.4 is 9.80 Å². The topological polar surface area (TPSA) is 43.9 Å². The monoisotopic (exact) mass is 323 g/mol. The third-order valence-corrected chi connectivity index (χ3v) is 4.21. The van der Waals surface area contributed by atoms with Crippen LogP contribution in [0.15, 0.2) is 54.6 Å². The van der Waals surface area contributed by atoms with Gasteiger partial charge in [0.2, 0.25) is 5.91 Å². The van der Waals surface area contributed by atoms with Crippen molar-refractivity contribution in [2.45, 2.75) is 0 Å². The Morgan fingerprint density at radius 3 is 2.21 bits per heavy atom. The van der Waals surface area contributed by atoms with Gasteiger partial charge in [-0.15, -0.1) is 0 Å². The van der Waals surface area contributed by atoms with Gasteiger partial charge in [-0.2, -0.15) is 0 Å². The van der Waals surface area contributed by atoms with Crippen molar-refractivity contribution >= 4 is 23.2 Å². The zero-order valence-electron chi connectivity index (χ0n) is 14.0. The van der Waals surface area contributed by atoms with Gasteiger partial charge in [-0.25, -0.2) is 0 Å². The quantitative estimate of drug-likeness (QED) is 0.870. The first-order valence-corrected chi connectivity index (χ1v) is 7.98. The highest BCUT2D eigenvalue weighted by molar-refractivity contribution is 6.01. The molecule has 0 atom stereocenters. The SMILES string of the molecule is CN(C)c1ccc(C(=O)N2CCN(c3ccccc3)C(=O)C2)cc1. The summed E-state index contributed by atoms with van der Waals surface area (Å²) < 4.78 is 0. The van der Waals surface area contributed by atoms with Crippen LogP contribution in [0.3, 0.4) is 0 Å². The Labute approximate surface area is 142 Å². The van der Waals surface area contributed by atoms with Crippen molar-refractivity contribution in [1.29, 1.82) is 0 Å². The number of amides is 2. The Morgan fingerprint density at radius 2 is 1.62 bits per heavy atom. The van der Waals surface area contributed by atoms with Crippen LogP contribution in [-0.2, 0) is 4.79 Å². The number of carbonyl (C=O) groups is 2. The highest BCUT2D eigenvalue weighted by Gasteiger charge is 2.28. The average Bonchev–Trinajstić information content (AvgIpc) is 2.62. The van der Waals surface area contributed by atoms with E-state index in [1.165, 1.54) is 0 Å². The second-order valence-corrected chi connectivity index (χ2v) is 6.05. The molecule has 124 valence electrons. The molecule has 0 saturated carbocycles. The van der Waals surface area contributed by atoms with Gasteiger partial charge in [0.15, 0.2) is 0 Å². The average molecular weight is 323 g/mol. The maximum atomic E-state index is 12.6. The van der Waals surface area contributed by atoms with E-state index in [1.54, 1.807) is 9.80 Å². The van der Waals surface area contributed by atoms with Gasteiger partial charge in [0, 0.05) is 44.1 Å². The van der Waals surface area contributed by atoms with Gasteiger partial charge >= 0.3 is 0 Å². The fourth-order valence-corrected chi connectivity index (χ4v) is 2.81. The predicted molar refractivity (Wildman–Crippen MR) is 95.5 cm³/mol. The van der Waals surface area contributed by atoms with Crippen LogP contribution in [0.4, 0.5) is 11.4 Å². The molecule has 5 nitrogen and oxygen atoms in total. The Kier molecular flexibility index (Phi) is 4.51. The maximum Gasteiger partial charge on any atom is 0.254 e. The van der Waals surface area contributed by atoms with Gasteiger partial charge in [0.05, 0.1) is 0 Å². The van der Waals surface area contributed by atoms with Crippen molar-refractivity contribution < 1.29 is 9.59 Å². The molecule has 0 aromatic heterocycles. The number of anilines is 2. The zero-order valence-corrected chi connectivity index (χ0v) is 14.0. The lowest BCUT2D eigenvalue weighted by Gasteiger charge is -2.34. The van der Waals surface area contributed by atoms with Crippen LogP contribution in [0, 0.1) is 0 Å². The summed E-state index contributed by atoms with van der Waals surface area (Å²) in [5.74, 6) is -0.146. The van der Waals surface area contributed by atoms with E-state index in [1.807, 2.05) is 73.6 Å². The third kappa shape index (κ3) is 3.25. The summed E-state index contributed by atoms with van der Waals surface area (Å²) in [4.78, 5) is 30.4. The first kappa shape index (κ1) is 16.1. The van der Waals surface area contributed by atoms with Crippen LogP contribution in [0.2, 0.25) is 0 Å². The van der Waals surface area contributed by atoms with Crippen LogP contribution in [0.25, 0.3) is 0 Å². The van der Waals surface area contributed by atoms with E-state index in [4.69, 9.17) is 0 Å². The Hall–Kier alpha value is -2.82. The Balaban J connectivity index is 1.69. The van der Waals surface area contributed by atoms with E-state index >= 15 is 0 Å². The number of para-hydroxylation sites is 1. The lowest BCUT2D eigenvalue weighted by molar-refractivity contribution is -0.120. The third-order valence-electron chi connectivity index (χ3n) is 4.21. The van der Waals surface area contributed by atoms with Crippen LogP contribution in [0.5, 0.6) is 0 Å². The van der Waals surface area contributed by atoms with Crippen LogP contribution in [0.1, 0.15) is 10.4 Å². The predicted octanol–water partition coefficient (Wildman–Crippen LogP) is 2.24. The molecule has 0 unspecified atom stereocenters. The van der Waals surface area contributed by atoms with Gasteiger partial charge < -0.3 is 14.7 Å². The van der Waals surface area contributed by atoms with Gasteiger partial charge in [-0.05, 0) is 36.4 Å². The van der Waals surface area contributed by atoms with Crippen molar-refractivity contribution in [3.63, 3.8) is 0 Å². The molecular weight excluding hydrogens is 302 g/mol. The van der Waals surface area contributed by atoms with E-state index in [2.05, 4.69) is 0 Å². The smallest absolute Gasteiger partial charge is 0.254 e. The van der Waals surface area contributed by atoms with E-state index in [-0.39, 0.29) is 18.4 Å². The fraction of sp³-hybridized carbons (Fsp3) is 0.263. The molecule has 1 heterocycles. The number of rotatable bonds is 3. The van der Waals surface area contributed by atoms with Crippen molar-refractivity contribution in [3.8, 4) is 0 Å². The molecule has 0 aliphatic carbocycles. The minimum Gasteiger partial charge on any atom is -0.378 e. The molecular formula is C19H21N3O2. The number of piperazine rings is 1. The fourth-order valence-electron chi connectivity index (χ4n) is 2.81. The number of benzene rings is 2. The second-order valence-electron chi connectivity index (χ2n) is 6.05. The summed E-state index contributed by atoms with van der Waals surface area (Å²) in [6.07, 6.45) is 0. The van der Waals surface area contributed by atoms with Gasteiger partial charge in [-0.3, -0.25) is 9.59 Å². The zero-order chi connectivity index (χ0) is 17.1. The molecule has 2 aromatic rings. The van der Waals surface area contributed by atoms with Crippen molar-refractivity contribution in [3.05, 3.63) is 60.2 Å². The van der Waals surface area contributed by atoms with E-state index in [0.717, 1.165) is 11.4 Å². The summed E-state index contributed by atoms with van der Waals surface area (Å²) in [5.41, 5.74) is 2.53. The molecule has 1 saturated heterocycles. The standard InChI is InChI=1S/C19H21N3O2/c1-20(2)16-10-8-15(9-11-16)19(24)21-12-13-22(18(23)14-21)17-6-4-3-5-7-17/h3-11H,12-14H2,1-2H3. The second kappa shape index (κ2) is 6.74. The van der Waals surface area contributed by atoms with Crippen molar-refractivity contribution in [2.75, 3.05) is 43.5 Å². The molecule has 1 aliphatic heterocycles. The molecule has 0 radical (unpaired) electrons. The Morgan fingerprint density at radius 1 is 0.958 bits per heavy atom. The minimum atomic E-state index is -0.0960. The highest BCUT2D eigenvalue weighted by Crippen LogP contribution is 2.19. The van der Waals surface area contributed by atoms with Gasteiger partial charge in [-0.1, -0.05) is 18.2 Å². The van der Waals surface area contributed by atoms with E-state index in [0.29, 0.717) is 18.7 Å².